The molecule has 1 aromatic heterocycles. The van der Waals surface area contributed by atoms with E-state index in [2.05, 4.69) is 41.7 Å². The summed E-state index contributed by atoms with van der Waals surface area (Å²) >= 11 is 5.18. The summed E-state index contributed by atoms with van der Waals surface area (Å²) in [5.74, 6) is 0.698. The normalized spacial score (nSPS) is 11.1. The van der Waals surface area contributed by atoms with Crippen LogP contribution < -0.4 is 0 Å². The SMILES string of the molecule is CCc1sc(Br)nc1CC(C)C. The summed E-state index contributed by atoms with van der Waals surface area (Å²) < 4.78 is 1.02. The molecule has 0 aliphatic carbocycles. The van der Waals surface area contributed by atoms with E-state index in [9.17, 15) is 0 Å². The minimum Gasteiger partial charge on any atom is -0.234 e. The predicted octanol–water partition coefficient (Wildman–Crippen LogP) is 3.67. The minimum atomic E-state index is 0.698. The monoisotopic (exact) mass is 247 g/mol. The zero-order valence-electron chi connectivity index (χ0n) is 7.72. The fraction of sp³-hybridized carbons (Fsp3) is 0.667. The Labute approximate surface area is 86.3 Å². The Kier molecular flexibility index (Phi) is 3.72. The van der Waals surface area contributed by atoms with Crippen molar-refractivity contribution in [2.24, 2.45) is 5.92 Å². The van der Waals surface area contributed by atoms with Crippen LogP contribution >= 0.6 is 27.3 Å². The maximum atomic E-state index is 4.46. The van der Waals surface area contributed by atoms with E-state index in [-0.39, 0.29) is 0 Å². The molecule has 12 heavy (non-hydrogen) atoms. The molecule has 0 amide bonds. The van der Waals surface area contributed by atoms with E-state index in [4.69, 9.17) is 0 Å². The van der Waals surface area contributed by atoms with Gasteiger partial charge in [-0.25, -0.2) is 4.98 Å². The molecule has 1 rings (SSSR count). The second kappa shape index (κ2) is 4.38. The highest BCUT2D eigenvalue weighted by Crippen LogP contribution is 2.25. The molecule has 0 saturated heterocycles. The molecule has 1 heterocycles. The predicted molar refractivity (Wildman–Crippen MR) is 57.7 cm³/mol. The van der Waals surface area contributed by atoms with E-state index in [1.54, 1.807) is 11.3 Å². The van der Waals surface area contributed by atoms with Gasteiger partial charge in [0, 0.05) is 4.88 Å². The summed E-state index contributed by atoms with van der Waals surface area (Å²) in [5, 5.41) is 0. The van der Waals surface area contributed by atoms with Gasteiger partial charge in [0.25, 0.3) is 0 Å². The fourth-order valence-electron chi connectivity index (χ4n) is 1.17. The average Bonchev–Trinajstić information content (AvgIpc) is 2.29. The van der Waals surface area contributed by atoms with E-state index in [0.717, 1.165) is 16.8 Å². The second-order valence-corrected chi connectivity index (χ2v) is 5.65. The highest BCUT2D eigenvalue weighted by molar-refractivity contribution is 9.11. The van der Waals surface area contributed by atoms with E-state index < -0.39 is 0 Å². The molecule has 1 nitrogen and oxygen atoms in total. The third kappa shape index (κ3) is 2.56. The molecule has 0 spiro atoms. The molecular weight excluding hydrogens is 234 g/mol. The maximum Gasteiger partial charge on any atom is 0.159 e. The molecule has 3 heteroatoms. The molecule has 68 valence electrons. The summed E-state index contributed by atoms with van der Waals surface area (Å²) in [6.07, 6.45) is 2.20. The Morgan fingerprint density at radius 2 is 2.17 bits per heavy atom. The topological polar surface area (TPSA) is 12.9 Å². The Morgan fingerprint density at radius 1 is 1.50 bits per heavy atom. The van der Waals surface area contributed by atoms with Gasteiger partial charge in [0.05, 0.1) is 5.69 Å². The van der Waals surface area contributed by atoms with Crippen molar-refractivity contribution in [3.05, 3.63) is 14.5 Å². The van der Waals surface area contributed by atoms with Crippen molar-refractivity contribution >= 4 is 27.3 Å². The average molecular weight is 248 g/mol. The first-order valence-electron chi connectivity index (χ1n) is 4.27. The number of hydrogen-bond donors (Lipinski definition) is 0. The second-order valence-electron chi connectivity index (χ2n) is 3.29. The van der Waals surface area contributed by atoms with Crippen LogP contribution in [0.25, 0.3) is 0 Å². The minimum absolute atomic E-state index is 0.698. The molecule has 0 unspecified atom stereocenters. The lowest BCUT2D eigenvalue weighted by atomic mass is 10.1. The van der Waals surface area contributed by atoms with Crippen molar-refractivity contribution in [1.82, 2.24) is 4.98 Å². The van der Waals surface area contributed by atoms with Crippen LogP contribution in [0.4, 0.5) is 0 Å². The zero-order valence-corrected chi connectivity index (χ0v) is 10.1. The van der Waals surface area contributed by atoms with Gasteiger partial charge >= 0.3 is 0 Å². The molecule has 0 atom stereocenters. The van der Waals surface area contributed by atoms with E-state index in [1.807, 2.05) is 0 Å². The van der Waals surface area contributed by atoms with Gasteiger partial charge < -0.3 is 0 Å². The molecule has 0 radical (unpaired) electrons. The first kappa shape index (κ1) is 10.2. The van der Waals surface area contributed by atoms with Crippen LogP contribution in [-0.4, -0.2) is 4.98 Å². The van der Waals surface area contributed by atoms with E-state index in [0.29, 0.717) is 5.92 Å². The quantitative estimate of drug-likeness (QED) is 0.795. The Bertz CT molecular complexity index is 255. The zero-order chi connectivity index (χ0) is 9.14. The van der Waals surface area contributed by atoms with Crippen LogP contribution in [0.15, 0.2) is 3.92 Å². The lowest BCUT2D eigenvalue weighted by molar-refractivity contribution is 0.633. The smallest absolute Gasteiger partial charge is 0.159 e. The number of halogens is 1. The van der Waals surface area contributed by atoms with Gasteiger partial charge in [-0.15, -0.1) is 11.3 Å². The van der Waals surface area contributed by atoms with Crippen molar-refractivity contribution in [3.63, 3.8) is 0 Å². The molecule has 0 aromatic carbocycles. The summed E-state index contributed by atoms with van der Waals surface area (Å²) in [7, 11) is 0. The van der Waals surface area contributed by atoms with Gasteiger partial charge in [-0.2, -0.15) is 0 Å². The fourth-order valence-corrected chi connectivity index (χ4v) is 2.72. The molecule has 0 aliphatic heterocycles. The number of aryl methyl sites for hydroxylation is 1. The first-order valence-corrected chi connectivity index (χ1v) is 5.88. The number of aromatic nitrogens is 1. The molecule has 1 aromatic rings. The summed E-state index contributed by atoms with van der Waals surface area (Å²) in [6, 6.07) is 0. The van der Waals surface area contributed by atoms with Gasteiger partial charge in [0.1, 0.15) is 0 Å². The van der Waals surface area contributed by atoms with Crippen molar-refractivity contribution < 1.29 is 0 Å². The maximum absolute atomic E-state index is 4.46. The van der Waals surface area contributed by atoms with Crippen LogP contribution in [0.2, 0.25) is 0 Å². The lowest BCUT2D eigenvalue weighted by Crippen LogP contribution is -1.97. The summed E-state index contributed by atoms with van der Waals surface area (Å²) in [6.45, 7) is 6.64. The van der Waals surface area contributed by atoms with E-state index in [1.165, 1.54) is 10.6 Å². The third-order valence-electron chi connectivity index (χ3n) is 1.67. The largest absolute Gasteiger partial charge is 0.234 e. The summed E-state index contributed by atoms with van der Waals surface area (Å²) in [5.41, 5.74) is 1.28. The molecule has 0 aliphatic rings. The molecular formula is C9H14BrNS. The van der Waals surface area contributed by atoms with E-state index >= 15 is 0 Å². The highest BCUT2D eigenvalue weighted by atomic mass is 79.9. The van der Waals surface area contributed by atoms with Crippen LogP contribution in [0.5, 0.6) is 0 Å². The van der Waals surface area contributed by atoms with Gasteiger partial charge in [0.15, 0.2) is 3.92 Å². The number of rotatable bonds is 3. The van der Waals surface area contributed by atoms with Gasteiger partial charge in [-0.05, 0) is 34.7 Å². The Balaban J connectivity index is 2.81. The Morgan fingerprint density at radius 3 is 2.67 bits per heavy atom. The standard InChI is InChI=1S/C9H14BrNS/c1-4-8-7(5-6(2)3)11-9(10)12-8/h6H,4-5H2,1-3H3. The van der Waals surface area contributed by atoms with Crippen LogP contribution in [0.1, 0.15) is 31.3 Å². The van der Waals surface area contributed by atoms with Crippen LogP contribution in [0, 0.1) is 5.92 Å². The lowest BCUT2D eigenvalue weighted by Gasteiger charge is -2.02. The third-order valence-corrected chi connectivity index (χ3v) is 3.37. The number of nitrogens with zero attached hydrogens (tertiary/aromatic N) is 1. The van der Waals surface area contributed by atoms with Crippen LogP contribution in [0.3, 0.4) is 0 Å². The molecule has 0 saturated carbocycles. The van der Waals surface area contributed by atoms with Gasteiger partial charge in [-0.3, -0.25) is 0 Å². The van der Waals surface area contributed by atoms with Crippen molar-refractivity contribution in [2.45, 2.75) is 33.6 Å². The molecule has 0 bridgehead atoms. The summed E-state index contributed by atoms with van der Waals surface area (Å²) in [4.78, 5) is 5.88. The number of hydrogen-bond acceptors (Lipinski definition) is 2. The van der Waals surface area contributed by atoms with Crippen molar-refractivity contribution in [3.8, 4) is 0 Å². The van der Waals surface area contributed by atoms with Crippen molar-refractivity contribution in [1.29, 1.82) is 0 Å². The molecule has 0 fully saturated rings. The number of thiazole rings is 1. The van der Waals surface area contributed by atoms with Gasteiger partial charge in [0.2, 0.25) is 0 Å². The molecule has 0 N–H and O–H groups in total. The van der Waals surface area contributed by atoms with Gasteiger partial charge in [-0.1, -0.05) is 20.8 Å². The van der Waals surface area contributed by atoms with Crippen LogP contribution in [-0.2, 0) is 12.8 Å². The van der Waals surface area contributed by atoms with Crippen molar-refractivity contribution in [2.75, 3.05) is 0 Å². The first-order chi connectivity index (χ1) is 5.63. The Hall–Kier alpha value is 0.110. The highest BCUT2D eigenvalue weighted by Gasteiger charge is 2.08.